The predicted octanol–water partition coefficient (Wildman–Crippen LogP) is 5.62. The number of hydrogen-bond acceptors (Lipinski definition) is 3. The normalized spacial score (nSPS) is 11.9. The monoisotopic (exact) mass is 510 g/mol. The molecular weight excluding hydrogens is 480 g/mol. The maximum absolute atomic E-state index is 13.4. The van der Waals surface area contributed by atoms with Crippen LogP contribution in [0.1, 0.15) is 38.3 Å². The molecule has 0 saturated heterocycles. The molecule has 0 heterocycles. The van der Waals surface area contributed by atoms with Crippen molar-refractivity contribution in [3.8, 4) is 5.75 Å². The van der Waals surface area contributed by atoms with Gasteiger partial charge in [0, 0.05) is 12.6 Å². The number of benzene rings is 3. The number of hydrogen-bond donors (Lipinski definition) is 1. The summed E-state index contributed by atoms with van der Waals surface area (Å²) in [6.45, 7) is 7.95. The van der Waals surface area contributed by atoms with Gasteiger partial charge in [0.05, 0.1) is 4.47 Å². The topological polar surface area (TPSA) is 58.6 Å². The molecule has 0 aliphatic carbocycles. The second-order valence-corrected chi connectivity index (χ2v) is 9.22. The van der Waals surface area contributed by atoms with E-state index in [1.54, 1.807) is 4.90 Å². The second-order valence-electron chi connectivity index (χ2n) is 8.42. The zero-order valence-corrected chi connectivity index (χ0v) is 21.2. The molecule has 0 unspecified atom stereocenters. The van der Waals surface area contributed by atoms with Gasteiger partial charge in [-0.1, -0.05) is 61.5 Å². The van der Waals surface area contributed by atoms with Crippen molar-refractivity contribution in [3.05, 3.63) is 76.3 Å². The lowest BCUT2D eigenvalue weighted by Crippen LogP contribution is -2.51. The Hall–Kier alpha value is -2.86. The average Bonchev–Trinajstić information content (AvgIpc) is 2.79. The van der Waals surface area contributed by atoms with E-state index in [0.29, 0.717) is 18.7 Å². The summed E-state index contributed by atoms with van der Waals surface area (Å²) >= 11 is 3.61. The van der Waals surface area contributed by atoms with Crippen LogP contribution in [0.3, 0.4) is 0 Å². The van der Waals surface area contributed by atoms with Crippen LogP contribution in [0.5, 0.6) is 5.75 Å². The molecule has 0 aliphatic rings. The molecule has 2 amide bonds. The number of halogens is 1. The Labute approximate surface area is 204 Å². The summed E-state index contributed by atoms with van der Waals surface area (Å²) in [6.07, 6.45) is 0.510. The fourth-order valence-corrected chi connectivity index (χ4v) is 4.43. The lowest BCUT2D eigenvalue weighted by Gasteiger charge is -2.31. The fraction of sp³-hybridized carbons (Fsp3) is 0.333. The first-order chi connectivity index (χ1) is 15.8. The first kappa shape index (κ1) is 24.8. The van der Waals surface area contributed by atoms with Crippen LogP contribution in [0.25, 0.3) is 10.8 Å². The Kier molecular flexibility index (Phi) is 8.50. The van der Waals surface area contributed by atoms with Gasteiger partial charge in [0.25, 0.3) is 5.91 Å². The van der Waals surface area contributed by atoms with Gasteiger partial charge in [-0.25, -0.2) is 0 Å². The van der Waals surface area contributed by atoms with Gasteiger partial charge < -0.3 is 15.0 Å². The van der Waals surface area contributed by atoms with Crippen LogP contribution in [0, 0.1) is 6.92 Å². The number of carbonyl (C=O) groups excluding carboxylic acids is 2. The number of fused-ring (bicyclic) bond motifs is 1. The van der Waals surface area contributed by atoms with Crippen LogP contribution >= 0.6 is 15.9 Å². The van der Waals surface area contributed by atoms with Crippen LogP contribution < -0.4 is 10.1 Å². The third kappa shape index (κ3) is 6.14. The van der Waals surface area contributed by atoms with E-state index in [1.807, 2.05) is 88.4 Å². The number of ether oxygens (including phenoxy) is 1. The van der Waals surface area contributed by atoms with E-state index < -0.39 is 6.04 Å². The van der Waals surface area contributed by atoms with Gasteiger partial charge in [-0.2, -0.15) is 0 Å². The van der Waals surface area contributed by atoms with E-state index >= 15 is 0 Å². The summed E-state index contributed by atoms with van der Waals surface area (Å²) in [5.74, 6) is 0.211. The number of rotatable bonds is 9. The lowest BCUT2D eigenvalue weighted by atomic mass is 10.1. The highest BCUT2D eigenvalue weighted by molar-refractivity contribution is 9.10. The van der Waals surface area contributed by atoms with E-state index in [1.165, 1.54) is 0 Å². The van der Waals surface area contributed by atoms with Crippen LogP contribution in [0.4, 0.5) is 0 Å². The Morgan fingerprint density at radius 3 is 2.42 bits per heavy atom. The molecule has 0 aliphatic heterocycles. The van der Waals surface area contributed by atoms with E-state index in [2.05, 4.69) is 21.2 Å². The van der Waals surface area contributed by atoms with E-state index in [9.17, 15) is 9.59 Å². The molecule has 33 heavy (non-hydrogen) atoms. The van der Waals surface area contributed by atoms with Gasteiger partial charge >= 0.3 is 0 Å². The van der Waals surface area contributed by atoms with Gasteiger partial charge in [-0.05, 0) is 71.1 Å². The molecule has 3 aromatic rings. The molecule has 6 heteroatoms. The number of nitrogens with one attached hydrogen (secondary N) is 1. The van der Waals surface area contributed by atoms with Crippen molar-refractivity contribution in [2.75, 3.05) is 6.61 Å². The Bertz CT molecular complexity index is 1130. The SMILES string of the molecule is CC[C@@H](C(=O)NC(C)C)N(Cc1ccccc1C)C(=O)COc1ccc2ccccc2c1Br. The first-order valence-corrected chi connectivity index (χ1v) is 12.1. The van der Waals surface area contributed by atoms with Crippen LogP contribution in [0.15, 0.2) is 65.1 Å². The summed E-state index contributed by atoms with van der Waals surface area (Å²) in [7, 11) is 0. The minimum Gasteiger partial charge on any atom is -0.483 e. The molecule has 0 radical (unpaired) electrons. The van der Waals surface area contributed by atoms with Crippen molar-refractivity contribution in [3.63, 3.8) is 0 Å². The molecule has 0 spiro atoms. The fourth-order valence-electron chi connectivity index (χ4n) is 3.82. The summed E-state index contributed by atoms with van der Waals surface area (Å²) in [5.41, 5.74) is 2.08. The van der Waals surface area contributed by atoms with Crippen LogP contribution in [-0.4, -0.2) is 35.4 Å². The largest absolute Gasteiger partial charge is 0.483 e. The van der Waals surface area contributed by atoms with Crippen molar-refractivity contribution in [2.45, 2.75) is 52.7 Å². The van der Waals surface area contributed by atoms with E-state index in [0.717, 1.165) is 26.4 Å². The quantitative estimate of drug-likeness (QED) is 0.406. The van der Waals surface area contributed by atoms with Gasteiger partial charge in [0.15, 0.2) is 6.61 Å². The van der Waals surface area contributed by atoms with Gasteiger partial charge in [-0.3, -0.25) is 9.59 Å². The third-order valence-corrected chi connectivity index (χ3v) is 6.42. The molecular formula is C27H31BrN2O3. The summed E-state index contributed by atoms with van der Waals surface area (Å²) < 4.78 is 6.75. The molecule has 3 rings (SSSR count). The Balaban J connectivity index is 1.84. The van der Waals surface area contributed by atoms with Crippen molar-refractivity contribution < 1.29 is 14.3 Å². The van der Waals surface area contributed by atoms with Gasteiger partial charge in [0.1, 0.15) is 11.8 Å². The first-order valence-electron chi connectivity index (χ1n) is 11.3. The number of amides is 2. The number of aryl methyl sites for hydroxylation is 1. The van der Waals surface area contributed by atoms with Gasteiger partial charge in [-0.15, -0.1) is 0 Å². The molecule has 5 nitrogen and oxygen atoms in total. The lowest BCUT2D eigenvalue weighted by molar-refractivity contribution is -0.143. The molecule has 0 fully saturated rings. The van der Waals surface area contributed by atoms with Crippen molar-refractivity contribution in [2.24, 2.45) is 0 Å². The Morgan fingerprint density at radius 1 is 1.03 bits per heavy atom. The number of carbonyl (C=O) groups is 2. The maximum Gasteiger partial charge on any atom is 0.261 e. The molecule has 0 bridgehead atoms. The number of nitrogens with zero attached hydrogens (tertiary/aromatic N) is 1. The summed E-state index contributed by atoms with van der Waals surface area (Å²) in [4.78, 5) is 28.0. The molecule has 0 aromatic heterocycles. The Morgan fingerprint density at radius 2 is 1.73 bits per heavy atom. The average molecular weight is 511 g/mol. The van der Waals surface area contributed by atoms with Gasteiger partial charge in [0.2, 0.25) is 5.91 Å². The molecule has 0 saturated carbocycles. The molecule has 1 N–H and O–H groups in total. The second kappa shape index (κ2) is 11.3. The van der Waals surface area contributed by atoms with Crippen LogP contribution in [-0.2, 0) is 16.1 Å². The maximum atomic E-state index is 13.4. The van der Waals surface area contributed by atoms with E-state index in [4.69, 9.17) is 4.74 Å². The highest BCUT2D eigenvalue weighted by Crippen LogP contribution is 2.33. The zero-order chi connectivity index (χ0) is 24.0. The third-order valence-electron chi connectivity index (χ3n) is 5.60. The smallest absolute Gasteiger partial charge is 0.261 e. The minimum absolute atomic E-state index is 0.00762. The summed E-state index contributed by atoms with van der Waals surface area (Å²) in [6, 6.07) is 19.1. The van der Waals surface area contributed by atoms with Crippen molar-refractivity contribution in [1.29, 1.82) is 0 Å². The zero-order valence-electron chi connectivity index (χ0n) is 19.6. The highest BCUT2D eigenvalue weighted by atomic mass is 79.9. The summed E-state index contributed by atoms with van der Waals surface area (Å²) in [5, 5.41) is 5.05. The van der Waals surface area contributed by atoms with Crippen molar-refractivity contribution in [1.82, 2.24) is 10.2 Å². The predicted molar refractivity (Wildman–Crippen MR) is 136 cm³/mol. The molecule has 174 valence electrons. The standard InChI is InChI=1S/C27H31BrN2O3/c1-5-23(27(32)29-18(2)3)30(16-21-12-7-6-10-19(21)4)25(31)17-33-24-15-14-20-11-8-9-13-22(20)26(24)28/h6-15,18,23H,5,16-17H2,1-4H3,(H,29,32)/t23-/m0/s1. The minimum atomic E-state index is -0.580. The van der Waals surface area contributed by atoms with Crippen LogP contribution in [0.2, 0.25) is 0 Å². The highest BCUT2D eigenvalue weighted by Gasteiger charge is 2.29. The van der Waals surface area contributed by atoms with E-state index in [-0.39, 0.29) is 24.5 Å². The molecule has 1 atom stereocenters. The van der Waals surface area contributed by atoms with Crippen molar-refractivity contribution >= 4 is 38.5 Å². The molecule has 3 aromatic carbocycles.